The molecule has 0 unspecified atom stereocenters. The van der Waals surface area contributed by atoms with Crippen molar-refractivity contribution in [2.24, 2.45) is 0 Å². The van der Waals surface area contributed by atoms with Gasteiger partial charge in [-0.3, -0.25) is 0 Å². The summed E-state index contributed by atoms with van der Waals surface area (Å²) in [6.07, 6.45) is 0.571. The Balaban J connectivity index is 1.76. The molecule has 1 aromatic heterocycles. The van der Waals surface area contributed by atoms with Gasteiger partial charge in [-0.2, -0.15) is 21.6 Å². The maximum absolute atomic E-state index is 12.8. The Kier molecular flexibility index (Phi) is 6.13. The summed E-state index contributed by atoms with van der Waals surface area (Å²) >= 11 is 0. The predicted octanol–water partition coefficient (Wildman–Crippen LogP) is 5.25. The summed E-state index contributed by atoms with van der Waals surface area (Å²) in [5, 5.41) is 0.641. The van der Waals surface area contributed by atoms with E-state index < -0.39 is 32.4 Å². The molecule has 0 N–H and O–H groups in total. The molecule has 176 valence electrons. The van der Waals surface area contributed by atoms with E-state index in [1.165, 1.54) is 13.2 Å². The van der Waals surface area contributed by atoms with Gasteiger partial charge in [0.1, 0.15) is 10.5 Å². The molecule has 0 saturated heterocycles. The highest BCUT2D eigenvalue weighted by molar-refractivity contribution is 7.87. The van der Waals surface area contributed by atoms with E-state index in [-0.39, 0.29) is 17.1 Å². The molecule has 0 fully saturated rings. The van der Waals surface area contributed by atoms with Gasteiger partial charge in [0, 0.05) is 17.0 Å². The number of halogens is 3. The second-order valence-electron chi connectivity index (χ2n) is 7.82. The number of fused-ring (bicyclic) bond motifs is 3. The topological polar surface area (TPSA) is 82.8 Å². The number of methoxy groups -OCH3 is 1. The van der Waals surface area contributed by atoms with E-state index in [1.54, 1.807) is 6.07 Å². The maximum Gasteiger partial charge on any atom is 0.416 e. The first-order valence-corrected chi connectivity index (χ1v) is 11.8. The summed E-state index contributed by atoms with van der Waals surface area (Å²) in [5.74, 6) is -0.144. The molecule has 0 saturated carbocycles. The number of hydrogen-bond donors (Lipinski definition) is 0. The van der Waals surface area contributed by atoms with Crippen LogP contribution in [0.1, 0.15) is 42.4 Å². The van der Waals surface area contributed by atoms with Gasteiger partial charge in [-0.05, 0) is 61.6 Å². The van der Waals surface area contributed by atoms with Gasteiger partial charge in [-0.1, -0.05) is 12.8 Å². The summed E-state index contributed by atoms with van der Waals surface area (Å²) < 4.78 is 79.7. The zero-order chi connectivity index (χ0) is 23.8. The normalized spacial score (nSPS) is 14.9. The third-order valence-electron chi connectivity index (χ3n) is 5.68. The highest BCUT2D eigenvalue weighted by Crippen LogP contribution is 2.37. The molecule has 6 nitrogen and oxygen atoms in total. The van der Waals surface area contributed by atoms with Crippen molar-refractivity contribution in [1.82, 2.24) is 0 Å². The fraction of sp³-hybridized carbons (Fsp3) is 0.348. The molecule has 1 heterocycles. The smallest absolute Gasteiger partial charge is 0.416 e. The minimum absolute atomic E-state index is 0.0936. The number of ether oxygens (including phenoxy) is 1. The Bertz CT molecular complexity index is 1340. The van der Waals surface area contributed by atoms with Crippen LogP contribution in [0.4, 0.5) is 13.2 Å². The summed E-state index contributed by atoms with van der Waals surface area (Å²) in [6.45, 7) is 0. The van der Waals surface area contributed by atoms with Crippen LogP contribution in [-0.4, -0.2) is 15.5 Å². The van der Waals surface area contributed by atoms with Gasteiger partial charge in [-0.25, -0.2) is 4.79 Å². The zero-order valence-electron chi connectivity index (χ0n) is 17.7. The molecule has 4 rings (SSSR count). The molecule has 3 aromatic rings. The largest absolute Gasteiger partial charge is 0.493 e. The molecule has 1 aliphatic carbocycles. The second-order valence-corrected chi connectivity index (χ2v) is 9.37. The van der Waals surface area contributed by atoms with Gasteiger partial charge < -0.3 is 13.3 Å². The lowest BCUT2D eigenvalue weighted by molar-refractivity contribution is -0.137. The van der Waals surface area contributed by atoms with E-state index in [0.29, 0.717) is 35.9 Å². The van der Waals surface area contributed by atoms with Crippen LogP contribution >= 0.6 is 0 Å². The first-order chi connectivity index (χ1) is 15.6. The SMILES string of the molecule is COc1cc2c3c(c(=O)oc2cc1OS(=O)(=O)c1ccc(C(F)(F)F)cc1)CCCCCC3. The average Bonchev–Trinajstić information content (AvgIpc) is 2.73. The van der Waals surface area contributed by atoms with Crippen LogP contribution in [0.15, 0.2) is 50.5 Å². The standard InChI is InChI=1S/C23H21F3O6S/c1-30-20-12-18-16-6-4-2-3-5-7-17(16)22(27)31-19(18)13-21(20)32-33(28,29)15-10-8-14(9-11-15)23(24,25)26/h8-13H,2-7H2,1H3. The van der Waals surface area contributed by atoms with Gasteiger partial charge in [-0.15, -0.1) is 0 Å². The molecule has 10 heteroatoms. The Morgan fingerprint density at radius 3 is 2.15 bits per heavy atom. The van der Waals surface area contributed by atoms with Gasteiger partial charge in [0.25, 0.3) is 0 Å². The Labute approximate surface area is 188 Å². The third kappa shape index (κ3) is 4.71. The molecular formula is C23H21F3O6S. The summed E-state index contributed by atoms with van der Waals surface area (Å²) in [5.41, 5.74) is 0.175. The number of hydrogen-bond acceptors (Lipinski definition) is 6. The highest BCUT2D eigenvalue weighted by atomic mass is 32.2. The van der Waals surface area contributed by atoms with Crippen LogP contribution in [0.25, 0.3) is 11.0 Å². The van der Waals surface area contributed by atoms with Gasteiger partial charge in [0.15, 0.2) is 11.5 Å². The third-order valence-corrected chi connectivity index (χ3v) is 6.93. The predicted molar refractivity (Wildman–Crippen MR) is 114 cm³/mol. The van der Waals surface area contributed by atoms with Crippen molar-refractivity contribution in [2.75, 3.05) is 7.11 Å². The van der Waals surface area contributed by atoms with Crippen molar-refractivity contribution in [1.29, 1.82) is 0 Å². The number of aryl methyl sites for hydroxylation is 1. The molecule has 0 radical (unpaired) electrons. The van der Waals surface area contributed by atoms with E-state index in [9.17, 15) is 26.4 Å². The number of alkyl halides is 3. The second kappa shape index (κ2) is 8.74. The molecule has 0 aliphatic heterocycles. The molecule has 0 atom stereocenters. The van der Waals surface area contributed by atoms with Crippen molar-refractivity contribution < 1.29 is 34.9 Å². The van der Waals surface area contributed by atoms with Gasteiger partial charge in [0.2, 0.25) is 0 Å². The average molecular weight is 482 g/mol. The van der Waals surface area contributed by atoms with Crippen LogP contribution in [0.3, 0.4) is 0 Å². The molecule has 33 heavy (non-hydrogen) atoms. The fourth-order valence-electron chi connectivity index (χ4n) is 4.01. The molecule has 0 bridgehead atoms. The lowest BCUT2D eigenvalue weighted by Gasteiger charge is -2.17. The molecule has 0 amide bonds. The first kappa shape index (κ1) is 23.2. The quantitative estimate of drug-likeness (QED) is 0.373. The molecule has 0 spiro atoms. The number of benzene rings is 2. The van der Waals surface area contributed by atoms with Crippen molar-refractivity contribution in [3.63, 3.8) is 0 Å². The van der Waals surface area contributed by atoms with E-state index in [1.807, 2.05) is 0 Å². The summed E-state index contributed by atoms with van der Waals surface area (Å²) in [4.78, 5) is 12.1. The lowest BCUT2D eigenvalue weighted by atomic mass is 9.92. The maximum atomic E-state index is 12.8. The minimum Gasteiger partial charge on any atom is -0.493 e. The molecule has 2 aromatic carbocycles. The van der Waals surface area contributed by atoms with Gasteiger partial charge >= 0.3 is 21.9 Å². The fourth-order valence-corrected chi connectivity index (χ4v) is 4.94. The van der Waals surface area contributed by atoms with Crippen LogP contribution in [0.5, 0.6) is 11.5 Å². The zero-order valence-corrected chi connectivity index (χ0v) is 18.5. The molecular weight excluding hydrogens is 461 g/mol. The van der Waals surface area contributed by atoms with Crippen LogP contribution in [0, 0.1) is 0 Å². The minimum atomic E-state index is -4.60. The van der Waals surface area contributed by atoms with Crippen molar-refractivity contribution >= 4 is 21.1 Å². The van der Waals surface area contributed by atoms with E-state index in [4.69, 9.17) is 13.3 Å². The van der Waals surface area contributed by atoms with E-state index in [0.717, 1.165) is 43.4 Å². The lowest BCUT2D eigenvalue weighted by Crippen LogP contribution is -2.14. The summed E-state index contributed by atoms with van der Waals surface area (Å²) in [7, 11) is -3.15. The van der Waals surface area contributed by atoms with Crippen molar-refractivity contribution in [2.45, 2.75) is 49.6 Å². The van der Waals surface area contributed by atoms with Crippen LogP contribution in [-0.2, 0) is 29.1 Å². The monoisotopic (exact) mass is 482 g/mol. The highest BCUT2D eigenvalue weighted by Gasteiger charge is 2.31. The summed E-state index contributed by atoms with van der Waals surface area (Å²) in [6, 6.07) is 5.77. The van der Waals surface area contributed by atoms with E-state index in [2.05, 4.69) is 0 Å². The Morgan fingerprint density at radius 2 is 1.55 bits per heavy atom. The van der Waals surface area contributed by atoms with Gasteiger partial charge in [0.05, 0.1) is 12.7 Å². The Morgan fingerprint density at radius 1 is 0.909 bits per heavy atom. The first-order valence-electron chi connectivity index (χ1n) is 10.4. The van der Waals surface area contributed by atoms with Crippen molar-refractivity contribution in [3.8, 4) is 11.5 Å². The number of rotatable bonds is 4. The van der Waals surface area contributed by atoms with Crippen LogP contribution < -0.4 is 14.5 Å². The Hall–Kier alpha value is -3.01. The van der Waals surface area contributed by atoms with Crippen LogP contribution in [0.2, 0.25) is 0 Å². The van der Waals surface area contributed by atoms with E-state index >= 15 is 0 Å². The van der Waals surface area contributed by atoms with Crippen molar-refractivity contribution in [3.05, 3.63) is 63.5 Å². The molecule has 1 aliphatic rings.